The number of nitrogens with two attached hydrogens (primary N) is 1. The summed E-state index contributed by atoms with van der Waals surface area (Å²) in [7, 11) is 0. The van der Waals surface area contributed by atoms with Crippen molar-refractivity contribution < 1.29 is 4.79 Å². The molecule has 0 aliphatic carbocycles. The molecular weight excluding hydrogens is 266 g/mol. The molecule has 0 radical (unpaired) electrons. The van der Waals surface area contributed by atoms with Crippen molar-refractivity contribution in [3.8, 4) is 0 Å². The number of hydrogen-bond donors (Lipinski definition) is 2. The molecule has 1 aliphatic heterocycles. The molecule has 14 heavy (non-hydrogen) atoms. The van der Waals surface area contributed by atoms with Gasteiger partial charge in [0.1, 0.15) is 0 Å². The van der Waals surface area contributed by atoms with Crippen molar-refractivity contribution >= 4 is 39.1 Å². The van der Waals surface area contributed by atoms with Crippen LogP contribution in [0.4, 0.5) is 0 Å². The number of hydrogen-bond acceptors (Lipinski definition) is 4. The van der Waals surface area contributed by atoms with Crippen molar-refractivity contribution in [2.75, 3.05) is 0 Å². The molecule has 2 heterocycles. The van der Waals surface area contributed by atoms with Gasteiger partial charge in [-0.25, -0.2) is 4.99 Å². The first-order valence-corrected chi connectivity index (χ1v) is 5.59. The molecule has 1 aliphatic rings. The lowest BCUT2D eigenvalue weighted by molar-refractivity contribution is -0.120. The van der Waals surface area contributed by atoms with Crippen LogP contribution in [0.2, 0.25) is 0 Å². The Morgan fingerprint density at radius 1 is 1.71 bits per heavy atom. The van der Waals surface area contributed by atoms with Gasteiger partial charge in [-0.3, -0.25) is 10.1 Å². The molecule has 1 aromatic rings. The van der Waals surface area contributed by atoms with E-state index in [0.717, 1.165) is 14.2 Å². The van der Waals surface area contributed by atoms with Gasteiger partial charge in [-0.1, -0.05) is 0 Å². The number of aliphatic imine (C=N–C) groups is 1. The number of thiophene rings is 1. The molecule has 74 valence electrons. The van der Waals surface area contributed by atoms with Crippen LogP contribution in [-0.2, 0) is 4.79 Å². The smallest absolute Gasteiger partial charge is 0.257 e. The summed E-state index contributed by atoms with van der Waals surface area (Å²) in [4.78, 5) is 17.5. The topological polar surface area (TPSA) is 67.5 Å². The van der Waals surface area contributed by atoms with E-state index in [1.54, 1.807) is 11.3 Å². The third-order valence-corrected chi connectivity index (χ3v) is 4.10. The zero-order valence-electron chi connectivity index (χ0n) is 7.37. The Hall–Kier alpha value is -0.880. The fourth-order valence-corrected chi connectivity index (χ4v) is 2.83. The number of halogens is 1. The van der Waals surface area contributed by atoms with E-state index in [4.69, 9.17) is 5.73 Å². The predicted molar refractivity (Wildman–Crippen MR) is 59.3 cm³/mol. The molecule has 0 saturated heterocycles. The lowest BCUT2D eigenvalue weighted by Crippen LogP contribution is -2.31. The lowest BCUT2D eigenvalue weighted by atomic mass is 10.2. The van der Waals surface area contributed by atoms with Gasteiger partial charge in [0.15, 0.2) is 12.0 Å². The molecule has 1 atom stereocenters. The highest BCUT2D eigenvalue weighted by molar-refractivity contribution is 9.10. The number of carbonyl (C=O) groups excluding carboxylic acids is 1. The SMILES string of the molecule is Cc1sc(C2N=C(N)NC2=O)cc1Br. The summed E-state index contributed by atoms with van der Waals surface area (Å²) < 4.78 is 1.01. The van der Waals surface area contributed by atoms with E-state index in [2.05, 4.69) is 26.2 Å². The summed E-state index contributed by atoms with van der Waals surface area (Å²) in [6.07, 6.45) is 0. The molecular formula is C8H8BrN3OS. The van der Waals surface area contributed by atoms with E-state index in [9.17, 15) is 4.79 Å². The third-order valence-electron chi connectivity index (χ3n) is 1.91. The average molecular weight is 274 g/mol. The number of aryl methyl sites for hydroxylation is 1. The molecule has 6 heteroatoms. The standard InChI is InChI=1S/C8H8BrN3OS/c1-3-4(9)2-5(14-3)6-7(13)12-8(10)11-6/h2,6H,1H3,(H3,10,11,12,13). The van der Waals surface area contributed by atoms with Crippen LogP contribution >= 0.6 is 27.3 Å². The van der Waals surface area contributed by atoms with Crippen molar-refractivity contribution in [1.82, 2.24) is 5.32 Å². The van der Waals surface area contributed by atoms with Gasteiger partial charge >= 0.3 is 0 Å². The van der Waals surface area contributed by atoms with Crippen LogP contribution in [0.15, 0.2) is 15.5 Å². The zero-order valence-corrected chi connectivity index (χ0v) is 9.78. The van der Waals surface area contributed by atoms with Gasteiger partial charge in [0.2, 0.25) is 0 Å². The summed E-state index contributed by atoms with van der Waals surface area (Å²) in [6, 6.07) is 1.44. The van der Waals surface area contributed by atoms with Gasteiger partial charge < -0.3 is 5.73 Å². The monoisotopic (exact) mass is 273 g/mol. The van der Waals surface area contributed by atoms with E-state index in [0.29, 0.717) is 0 Å². The van der Waals surface area contributed by atoms with E-state index >= 15 is 0 Å². The number of nitrogens with one attached hydrogen (secondary N) is 1. The van der Waals surface area contributed by atoms with Crippen LogP contribution in [0.3, 0.4) is 0 Å². The first-order chi connectivity index (χ1) is 6.58. The fourth-order valence-electron chi connectivity index (χ4n) is 1.23. The first kappa shape index (κ1) is 9.67. The second kappa shape index (κ2) is 3.36. The largest absolute Gasteiger partial charge is 0.370 e. The minimum atomic E-state index is -0.468. The van der Waals surface area contributed by atoms with Gasteiger partial charge in [0.25, 0.3) is 5.91 Å². The van der Waals surface area contributed by atoms with Gasteiger partial charge in [0, 0.05) is 14.2 Å². The van der Waals surface area contributed by atoms with Crippen LogP contribution in [-0.4, -0.2) is 11.9 Å². The maximum absolute atomic E-state index is 11.4. The van der Waals surface area contributed by atoms with Crippen molar-refractivity contribution in [2.24, 2.45) is 10.7 Å². The highest BCUT2D eigenvalue weighted by Crippen LogP contribution is 2.33. The molecule has 0 fully saturated rings. The number of guanidine groups is 1. The van der Waals surface area contributed by atoms with Crippen LogP contribution < -0.4 is 11.1 Å². The van der Waals surface area contributed by atoms with Gasteiger partial charge in [-0.05, 0) is 28.9 Å². The fraction of sp³-hybridized carbons (Fsp3) is 0.250. The maximum atomic E-state index is 11.4. The molecule has 0 saturated carbocycles. The summed E-state index contributed by atoms with van der Waals surface area (Å²) in [5, 5.41) is 2.47. The highest BCUT2D eigenvalue weighted by atomic mass is 79.9. The quantitative estimate of drug-likeness (QED) is 0.810. The molecule has 3 N–H and O–H groups in total. The Morgan fingerprint density at radius 2 is 2.43 bits per heavy atom. The minimum Gasteiger partial charge on any atom is -0.370 e. The van der Waals surface area contributed by atoms with E-state index in [-0.39, 0.29) is 11.9 Å². The zero-order chi connectivity index (χ0) is 10.3. The lowest BCUT2D eigenvalue weighted by Gasteiger charge is -1.98. The summed E-state index contributed by atoms with van der Waals surface area (Å²) in [5.74, 6) is 0.0402. The van der Waals surface area contributed by atoms with Crippen LogP contribution in [0, 0.1) is 6.92 Å². The number of carbonyl (C=O) groups is 1. The molecule has 1 aromatic heterocycles. The molecule has 2 rings (SSSR count). The van der Waals surface area contributed by atoms with E-state index in [1.807, 2.05) is 13.0 Å². The maximum Gasteiger partial charge on any atom is 0.257 e. The minimum absolute atomic E-state index is 0.156. The van der Waals surface area contributed by atoms with E-state index in [1.165, 1.54) is 0 Å². The number of amides is 1. The first-order valence-electron chi connectivity index (χ1n) is 3.98. The van der Waals surface area contributed by atoms with E-state index < -0.39 is 6.04 Å². The molecule has 4 nitrogen and oxygen atoms in total. The van der Waals surface area contributed by atoms with Gasteiger partial charge in [0.05, 0.1) is 0 Å². The second-order valence-corrected chi connectivity index (χ2v) is 5.10. The molecule has 0 spiro atoms. The van der Waals surface area contributed by atoms with Gasteiger partial charge in [-0.15, -0.1) is 11.3 Å². The molecule has 1 amide bonds. The Labute approximate surface area is 93.3 Å². The average Bonchev–Trinajstić information content (AvgIpc) is 2.57. The molecule has 1 unspecified atom stereocenters. The summed E-state index contributed by atoms with van der Waals surface area (Å²) in [6.45, 7) is 1.98. The van der Waals surface area contributed by atoms with Crippen LogP contribution in [0.1, 0.15) is 15.8 Å². The Balaban J connectivity index is 2.36. The van der Waals surface area contributed by atoms with Crippen molar-refractivity contribution in [3.63, 3.8) is 0 Å². The third kappa shape index (κ3) is 1.55. The van der Waals surface area contributed by atoms with Crippen LogP contribution in [0.25, 0.3) is 0 Å². The Bertz CT molecular complexity index is 407. The normalized spacial score (nSPS) is 20.9. The summed E-state index contributed by atoms with van der Waals surface area (Å²) >= 11 is 4.94. The Morgan fingerprint density at radius 3 is 2.86 bits per heavy atom. The van der Waals surface area contributed by atoms with Crippen molar-refractivity contribution in [2.45, 2.75) is 13.0 Å². The second-order valence-electron chi connectivity index (χ2n) is 2.96. The highest BCUT2D eigenvalue weighted by Gasteiger charge is 2.28. The Kier molecular flexibility index (Phi) is 2.32. The number of rotatable bonds is 1. The van der Waals surface area contributed by atoms with Crippen molar-refractivity contribution in [3.05, 3.63) is 20.3 Å². The summed E-state index contributed by atoms with van der Waals surface area (Å²) in [5.41, 5.74) is 5.41. The number of nitrogens with zero attached hydrogens (tertiary/aromatic N) is 1. The van der Waals surface area contributed by atoms with Crippen LogP contribution in [0.5, 0.6) is 0 Å². The molecule has 0 bridgehead atoms. The predicted octanol–water partition coefficient (Wildman–Crippen LogP) is 1.30. The van der Waals surface area contributed by atoms with Crippen molar-refractivity contribution in [1.29, 1.82) is 0 Å². The molecule has 0 aromatic carbocycles. The van der Waals surface area contributed by atoms with Gasteiger partial charge in [-0.2, -0.15) is 0 Å².